The number of hydrogen-bond acceptors (Lipinski definition) is 4. The predicted octanol–water partition coefficient (Wildman–Crippen LogP) is 7.14. The molecule has 6 heteroatoms. The lowest BCUT2D eigenvalue weighted by molar-refractivity contribution is 0.0763. The number of phenols is 1. The summed E-state index contributed by atoms with van der Waals surface area (Å²) in [6, 6.07) is 0. The summed E-state index contributed by atoms with van der Waals surface area (Å²) in [5.41, 5.74) is 1.03. The Morgan fingerprint density at radius 3 is 1.84 bits per heavy atom. The third kappa shape index (κ3) is 6.19. The molecule has 0 saturated heterocycles. The number of benzene rings is 1. The summed E-state index contributed by atoms with van der Waals surface area (Å²) in [7, 11) is -3.18. The summed E-state index contributed by atoms with van der Waals surface area (Å²) in [6.07, 6.45) is 2.04. The molecule has 32 heavy (non-hydrogen) atoms. The summed E-state index contributed by atoms with van der Waals surface area (Å²) < 4.78 is 40.9. The lowest BCUT2D eigenvalue weighted by Gasteiger charge is -2.49. The van der Waals surface area contributed by atoms with Crippen molar-refractivity contribution < 1.29 is 22.8 Å². The first-order chi connectivity index (χ1) is 14.2. The Morgan fingerprint density at radius 2 is 1.50 bits per heavy atom. The lowest BCUT2D eigenvalue weighted by Crippen LogP contribution is -2.38. The van der Waals surface area contributed by atoms with Crippen LogP contribution in [0.15, 0.2) is 4.90 Å². The first-order valence-electron chi connectivity index (χ1n) is 11.6. The van der Waals surface area contributed by atoms with Gasteiger partial charge in [-0.3, -0.25) is 4.55 Å². The fourth-order valence-corrected chi connectivity index (χ4v) is 7.50. The molecule has 1 rings (SSSR count). The molecule has 0 aromatic heterocycles. The van der Waals surface area contributed by atoms with Gasteiger partial charge in [-0.1, -0.05) is 69.2 Å². The van der Waals surface area contributed by atoms with E-state index in [2.05, 4.69) is 62.3 Å². The molecule has 0 heterocycles. The fourth-order valence-electron chi connectivity index (χ4n) is 6.52. The molecular formula is C26H46O5S. The van der Waals surface area contributed by atoms with Crippen molar-refractivity contribution >= 4 is 10.1 Å². The van der Waals surface area contributed by atoms with Gasteiger partial charge in [0.05, 0.1) is 7.11 Å². The van der Waals surface area contributed by atoms with Crippen LogP contribution in [-0.2, 0) is 16.5 Å². The van der Waals surface area contributed by atoms with Gasteiger partial charge < -0.3 is 9.84 Å². The highest BCUT2D eigenvalue weighted by Gasteiger charge is 2.47. The molecule has 2 N–H and O–H groups in total. The van der Waals surface area contributed by atoms with Gasteiger partial charge in [0, 0.05) is 11.1 Å². The predicted molar refractivity (Wildman–Crippen MR) is 132 cm³/mol. The van der Waals surface area contributed by atoms with Crippen molar-refractivity contribution in [2.75, 3.05) is 7.11 Å². The monoisotopic (exact) mass is 470 g/mol. The second-order valence-electron chi connectivity index (χ2n) is 12.3. The van der Waals surface area contributed by atoms with Gasteiger partial charge in [-0.2, -0.15) is 8.42 Å². The van der Waals surface area contributed by atoms with Gasteiger partial charge in [-0.25, -0.2) is 0 Å². The summed E-state index contributed by atoms with van der Waals surface area (Å²) >= 11 is 0. The Bertz CT molecular complexity index is 919. The van der Waals surface area contributed by atoms with Crippen LogP contribution in [0.25, 0.3) is 0 Å². The minimum atomic E-state index is -4.62. The quantitative estimate of drug-likeness (QED) is 0.375. The highest BCUT2D eigenvalue weighted by molar-refractivity contribution is 7.86. The molecule has 1 unspecified atom stereocenters. The largest absolute Gasteiger partial charge is 0.507 e. The maximum Gasteiger partial charge on any atom is 0.298 e. The van der Waals surface area contributed by atoms with E-state index in [-0.39, 0.29) is 50.5 Å². The van der Waals surface area contributed by atoms with Crippen LogP contribution in [0.5, 0.6) is 11.5 Å². The van der Waals surface area contributed by atoms with E-state index in [4.69, 9.17) is 4.74 Å². The molecule has 0 amide bonds. The van der Waals surface area contributed by atoms with Crippen LogP contribution in [0.2, 0.25) is 0 Å². The Morgan fingerprint density at radius 1 is 1.00 bits per heavy atom. The standard InChI is InChI=1S/C26H46O5S/c1-13-18-20(27)17(4)19(21(31-12)22(18)32(28,29)30)23(25(8,9)14-16(2)3)26(10,11)15-24(5,6)7/h16,23,27H,13-15H2,1-12H3,(H,28,29,30). The van der Waals surface area contributed by atoms with E-state index in [1.54, 1.807) is 6.92 Å². The van der Waals surface area contributed by atoms with Crippen molar-refractivity contribution in [3.05, 3.63) is 16.7 Å². The maximum absolute atomic E-state index is 12.5. The second-order valence-corrected chi connectivity index (χ2v) is 13.7. The maximum atomic E-state index is 12.5. The molecule has 0 aliphatic rings. The summed E-state index contributed by atoms with van der Waals surface area (Å²) in [4.78, 5) is -0.308. The van der Waals surface area contributed by atoms with Crippen LogP contribution in [0.1, 0.15) is 105 Å². The second kappa shape index (κ2) is 9.54. The minimum absolute atomic E-state index is 0.0358. The lowest BCUT2D eigenvalue weighted by atomic mass is 9.56. The molecule has 0 spiro atoms. The number of ether oxygens (including phenoxy) is 1. The summed E-state index contributed by atoms with van der Waals surface area (Å²) in [6.45, 7) is 23.4. The van der Waals surface area contributed by atoms with Crippen molar-refractivity contribution in [2.45, 2.75) is 106 Å². The molecule has 1 aromatic rings. The van der Waals surface area contributed by atoms with Gasteiger partial charge in [-0.05, 0) is 59.8 Å². The Balaban J connectivity index is 4.22. The normalized spacial score (nSPS) is 14.7. The number of rotatable bonds is 9. The van der Waals surface area contributed by atoms with E-state index >= 15 is 0 Å². The Kier molecular flexibility index (Phi) is 8.57. The van der Waals surface area contributed by atoms with E-state index in [0.29, 0.717) is 17.0 Å². The molecule has 0 bridgehead atoms. The van der Waals surface area contributed by atoms with Gasteiger partial charge in [-0.15, -0.1) is 0 Å². The molecule has 0 fully saturated rings. The number of hydrogen-bond donors (Lipinski definition) is 2. The van der Waals surface area contributed by atoms with Gasteiger partial charge >= 0.3 is 0 Å². The zero-order valence-electron chi connectivity index (χ0n) is 22.3. The van der Waals surface area contributed by atoms with Crippen molar-refractivity contribution in [3.63, 3.8) is 0 Å². The van der Waals surface area contributed by atoms with E-state index in [9.17, 15) is 18.1 Å². The zero-order valence-corrected chi connectivity index (χ0v) is 23.1. The molecule has 1 aromatic carbocycles. The first-order valence-corrected chi connectivity index (χ1v) is 13.0. The van der Waals surface area contributed by atoms with Crippen molar-refractivity contribution in [1.29, 1.82) is 0 Å². The van der Waals surface area contributed by atoms with Gasteiger partial charge in [0.15, 0.2) is 0 Å². The van der Waals surface area contributed by atoms with Gasteiger partial charge in [0.25, 0.3) is 10.1 Å². The number of methoxy groups -OCH3 is 1. The van der Waals surface area contributed by atoms with Crippen LogP contribution < -0.4 is 4.74 Å². The van der Waals surface area contributed by atoms with Crippen LogP contribution in [0, 0.1) is 29.1 Å². The average Bonchev–Trinajstić information content (AvgIpc) is 2.53. The third-order valence-corrected chi connectivity index (χ3v) is 7.31. The molecule has 186 valence electrons. The molecule has 1 atom stereocenters. The smallest absolute Gasteiger partial charge is 0.298 e. The molecule has 5 nitrogen and oxygen atoms in total. The molecule has 0 aliphatic carbocycles. The average molecular weight is 471 g/mol. The molecule has 0 saturated carbocycles. The highest BCUT2D eigenvalue weighted by Crippen LogP contribution is 2.59. The van der Waals surface area contributed by atoms with E-state index in [0.717, 1.165) is 12.8 Å². The van der Waals surface area contributed by atoms with Crippen molar-refractivity contribution in [3.8, 4) is 11.5 Å². The first kappa shape index (κ1) is 28.8. The molecule has 0 radical (unpaired) electrons. The van der Waals surface area contributed by atoms with Crippen LogP contribution >= 0.6 is 0 Å². The van der Waals surface area contributed by atoms with Crippen molar-refractivity contribution in [1.82, 2.24) is 0 Å². The van der Waals surface area contributed by atoms with Crippen LogP contribution in [0.4, 0.5) is 0 Å². The summed E-state index contributed by atoms with van der Waals surface area (Å²) in [5.74, 6) is 0.369. The van der Waals surface area contributed by atoms with Crippen molar-refractivity contribution in [2.24, 2.45) is 22.2 Å². The Labute approximate surface area is 196 Å². The fraction of sp³-hybridized carbons (Fsp3) is 0.769. The van der Waals surface area contributed by atoms with Crippen LogP contribution in [0.3, 0.4) is 0 Å². The number of phenolic OH excluding ortho intramolecular Hbond substituents is 1. The van der Waals surface area contributed by atoms with E-state index in [1.165, 1.54) is 7.11 Å². The Hall–Kier alpha value is -1.27. The van der Waals surface area contributed by atoms with Gasteiger partial charge in [0.2, 0.25) is 0 Å². The van der Waals surface area contributed by atoms with E-state index < -0.39 is 10.1 Å². The molecular weight excluding hydrogens is 424 g/mol. The SMILES string of the molecule is CCc1c(O)c(C)c(C(C(C)(C)CC(C)C)C(C)(C)CC(C)(C)C)c(OC)c1S(=O)(=O)O. The summed E-state index contributed by atoms with van der Waals surface area (Å²) in [5, 5.41) is 11.1. The number of aromatic hydroxyl groups is 1. The third-order valence-electron chi connectivity index (χ3n) is 6.36. The topological polar surface area (TPSA) is 83.8 Å². The minimum Gasteiger partial charge on any atom is -0.507 e. The van der Waals surface area contributed by atoms with Crippen LogP contribution in [-0.4, -0.2) is 25.2 Å². The van der Waals surface area contributed by atoms with E-state index in [1.807, 2.05) is 6.92 Å². The highest BCUT2D eigenvalue weighted by atomic mass is 32.2. The molecule has 0 aliphatic heterocycles. The van der Waals surface area contributed by atoms with Gasteiger partial charge in [0.1, 0.15) is 16.4 Å². The zero-order chi connectivity index (χ0) is 25.4.